The Bertz CT molecular complexity index is 1520. The van der Waals surface area contributed by atoms with E-state index in [0.29, 0.717) is 39.4 Å². The van der Waals surface area contributed by atoms with Gasteiger partial charge in [-0.05, 0) is 61.4 Å². The van der Waals surface area contributed by atoms with E-state index in [-0.39, 0.29) is 0 Å². The van der Waals surface area contributed by atoms with E-state index in [0.717, 1.165) is 25.9 Å². The maximum atomic E-state index is 13.6. The number of aromatic nitrogens is 2. The Morgan fingerprint density at radius 2 is 1.74 bits per heavy atom. The smallest absolute Gasteiger partial charge is 0.282 e. The first-order valence-electron chi connectivity index (χ1n) is 13.0. The molecule has 10 nitrogen and oxygen atoms in total. The number of anilines is 4. The minimum absolute atomic E-state index is 0.309. The Balaban J connectivity index is 1.29. The number of carbonyl (C=O) groups excluding carboxylic acids is 1. The van der Waals surface area contributed by atoms with Crippen molar-refractivity contribution in [3.8, 4) is 0 Å². The van der Waals surface area contributed by atoms with E-state index in [1.165, 1.54) is 23.8 Å². The second-order valence-electron chi connectivity index (χ2n) is 10.8. The molecular weight excluding hydrogens is 530 g/mol. The van der Waals surface area contributed by atoms with Gasteiger partial charge in [-0.1, -0.05) is 0 Å². The van der Waals surface area contributed by atoms with Crippen LogP contribution in [0.4, 0.5) is 31.7 Å². The third kappa shape index (κ3) is 5.24. The second-order valence-corrected chi connectivity index (χ2v) is 12.6. The van der Waals surface area contributed by atoms with Gasteiger partial charge in [0.1, 0.15) is 5.82 Å². The number of hydrogen-bond donors (Lipinski definition) is 3. The molecule has 1 spiro atoms. The molecule has 3 aromatic rings. The third-order valence-electron chi connectivity index (χ3n) is 7.90. The minimum Gasteiger partial charge on any atom is -0.395 e. The van der Waals surface area contributed by atoms with Gasteiger partial charge in [-0.2, -0.15) is 5.10 Å². The molecule has 3 N–H and O–H groups in total. The Labute approximate surface area is 224 Å². The van der Waals surface area contributed by atoms with E-state index in [2.05, 4.69) is 20.0 Å². The van der Waals surface area contributed by atoms with Gasteiger partial charge in [0.05, 0.1) is 54.1 Å². The summed E-state index contributed by atoms with van der Waals surface area (Å²) < 4.78 is 55.7. The molecule has 3 aliphatic rings. The quantitative estimate of drug-likeness (QED) is 0.387. The average molecular weight is 561 g/mol. The number of aliphatic hydroxyl groups excluding tert-OH is 1. The van der Waals surface area contributed by atoms with Gasteiger partial charge in [-0.15, -0.1) is 0 Å². The van der Waals surface area contributed by atoms with Crippen molar-refractivity contribution in [2.24, 2.45) is 5.41 Å². The molecular formula is C26H30F2N6O4S. The zero-order valence-electron chi connectivity index (χ0n) is 21.2. The highest BCUT2D eigenvalue weighted by atomic mass is 32.2. The lowest BCUT2D eigenvalue weighted by Crippen LogP contribution is -2.57. The van der Waals surface area contributed by atoms with Crippen LogP contribution in [-0.2, 0) is 10.0 Å². The first-order chi connectivity index (χ1) is 18.6. The number of alkyl halides is 2. The first-order valence-corrected chi connectivity index (χ1v) is 14.6. The van der Waals surface area contributed by atoms with Gasteiger partial charge in [0.15, 0.2) is 0 Å². The molecule has 2 aliphatic heterocycles. The Hall–Kier alpha value is -3.45. The number of rotatable bonds is 8. The van der Waals surface area contributed by atoms with Crippen LogP contribution in [-0.4, -0.2) is 73.5 Å². The number of fused-ring (bicyclic) bond motifs is 1. The summed E-state index contributed by atoms with van der Waals surface area (Å²) in [6, 6.07) is 9.84. The highest BCUT2D eigenvalue weighted by Gasteiger charge is 2.45. The van der Waals surface area contributed by atoms with E-state index >= 15 is 0 Å². The summed E-state index contributed by atoms with van der Waals surface area (Å²) in [7, 11) is -3.74. The van der Waals surface area contributed by atoms with E-state index in [1.807, 2.05) is 0 Å². The van der Waals surface area contributed by atoms with E-state index in [9.17, 15) is 22.0 Å². The van der Waals surface area contributed by atoms with Gasteiger partial charge in [0.2, 0.25) is 10.0 Å². The molecule has 3 fully saturated rings. The molecule has 0 bridgehead atoms. The molecule has 208 valence electrons. The number of nitrogens with zero attached hydrogens (tertiary/aromatic N) is 4. The van der Waals surface area contributed by atoms with Crippen molar-refractivity contribution >= 4 is 44.3 Å². The zero-order chi connectivity index (χ0) is 27.4. The molecule has 0 unspecified atom stereocenters. The van der Waals surface area contributed by atoms with Crippen LogP contribution in [0.25, 0.3) is 5.52 Å². The fourth-order valence-electron chi connectivity index (χ4n) is 5.48. The van der Waals surface area contributed by atoms with Crippen molar-refractivity contribution in [1.29, 1.82) is 0 Å². The Morgan fingerprint density at radius 3 is 2.41 bits per heavy atom. The van der Waals surface area contributed by atoms with Crippen molar-refractivity contribution in [2.75, 3.05) is 58.4 Å². The summed E-state index contributed by atoms with van der Waals surface area (Å²) in [6.45, 7) is 0.154. The third-order valence-corrected chi connectivity index (χ3v) is 9.17. The maximum absolute atomic E-state index is 13.6. The number of sulfonamides is 1. The number of amides is 1. The van der Waals surface area contributed by atoms with Gasteiger partial charge >= 0.3 is 0 Å². The van der Waals surface area contributed by atoms with Gasteiger partial charge in [-0.3, -0.25) is 9.52 Å². The molecule has 0 atom stereocenters. The standard InChI is InChI=1S/C26H30F2N6O4S/c27-26(28)16-33(17-26)23-15-19(13-20-3-8-29-34(20)23)30-24(36)21-2-1-18(31-39(37,38)12-11-35)14-22(21)32-9-6-25(4-5-25)7-10-32/h1-3,8,13-15,31,35H,4-7,9-12,16-17H2,(H,30,36). The summed E-state index contributed by atoms with van der Waals surface area (Å²) in [5, 5.41) is 16.2. The van der Waals surface area contributed by atoms with Gasteiger partial charge < -0.3 is 20.2 Å². The number of nitrogens with one attached hydrogen (secondary N) is 2. The van der Waals surface area contributed by atoms with Crippen molar-refractivity contribution in [1.82, 2.24) is 9.61 Å². The number of carbonyl (C=O) groups is 1. The highest BCUT2D eigenvalue weighted by molar-refractivity contribution is 7.92. The van der Waals surface area contributed by atoms with Crippen LogP contribution in [0.3, 0.4) is 0 Å². The minimum atomic E-state index is -3.74. The Kier molecular flexibility index (Phi) is 6.18. The lowest BCUT2D eigenvalue weighted by molar-refractivity contribution is -0.0269. The number of pyridine rings is 1. The van der Waals surface area contributed by atoms with Crippen LogP contribution >= 0.6 is 0 Å². The predicted octanol–water partition coefficient (Wildman–Crippen LogP) is 3.16. The van der Waals surface area contributed by atoms with Crippen LogP contribution < -0.4 is 19.8 Å². The lowest BCUT2D eigenvalue weighted by Gasteiger charge is -2.40. The van der Waals surface area contributed by atoms with Crippen molar-refractivity contribution in [2.45, 2.75) is 31.6 Å². The van der Waals surface area contributed by atoms with Crippen LogP contribution in [0.2, 0.25) is 0 Å². The molecule has 2 aromatic heterocycles. The van der Waals surface area contributed by atoms with E-state index < -0.39 is 47.3 Å². The van der Waals surface area contributed by atoms with Gasteiger partial charge in [0, 0.05) is 24.8 Å². The average Bonchev–Trinajstić information content (AvgIpc) is 3.44. The second kappa shape index (κ2) is 9.33. The van der Waals surface area contributed by atoms with Crippen LogP contribution in [0, 0.1) is 5.41 Å². The molecule has 0 radical (unpaired) electrons. The van der Waals surface area contributed by atoms with E-state index in [1.54, 1.807) is 41.0 Å². The monoisotopic (exact) mass is 560 g/mol. The van der Waals surface area contributed by atoms with Crippen molar-refractivity contribution in [3.05, 3.63) is 48.2 Å². The fourth-order valence-corrected chi connectivity index (χ4v) is 6.31. The molecule has 2 saturated heterocycles. The molecule has 13 heteroatoms. The summed E-state index contributed by atoms with van der Waals surface area (Å²) in [6.07, 6.45) is 6.03. The highest BCUT2D eigenvalue weighted by Crippen LogP contribution is 2.54. The molecule has 1 amide bonds. The molecule has 1 aliphatic carbocycles. The summed E-state index contributed by atoms with van der Waals surface area (Å²) >= 11 is 0. The zero-order valence-corrected chi connectivity index (χ0v) is 22.1. The number of benzene rings is 1. The van der Waals surface area contributed by atoms with E-state index in [4.69, 9.17) is 5.11 Å². The topological polar surface area (TPSA) is 119 Å². The van der Waals surface area contributed by atoms with Crippen LogP contribution in [0.1, 0.15) is 36.0 Å². The Morgan fingerprint density at radius 1 is 1.00 bits per heavy atom. The van der Waals surface area contributed by atoms with Crippen LogP contribution in [0.5, 0.6) is 0 Å². The first kappa shape index (κ1) is 25.8. The number of halogens is 2. The molecule has 6 rings (SSSR count). The van der Waals surface area contributed by atoms with Crippen LogP contribution in [0.15, 0.2) is 42.6 Å². The van der Waals surface area contributed by atoms with Gasteiger partial charge in [-0.25, -0.2) is 21.7 Å². The van der Waals surface area contributed by atoms with Crippen molar-refractivity contribution < 1.29 is 27.1 Å². The fraction of sp³-hybridized carbons (Fsp3) is 0.462. The maximum Gasteiger partial charge on any atom is 0.282 e. The summed E-state index contributed by atoms with van der Waals surface area (Å²) in [5.41, 5.74) is 2.79. The molecule has 1 saturated carbocycles. The normalized spacial score (nSPS) is 19.7. The molecule has 1 aromatic carbocycles. The predicted molar refractivity (Wildman–Crippen MR) is 144 cm³/mol. The van der Waals surface area contributed by atoms with Crippen molar-refractivity contribution in [3.63, 3.8) is 0 Å². The molecule has 4 heterocycles. The number of piperidine rings is 1. The summed E-state index contributed by atoms with van der Waals surface area (Å²) in [4.78, 5) is 17.2. The molecule has 39 heavy (non-hydrogen) atoms. The SMILES string of the molecule is O=C(Nc1cc(N2CC(F)(F)C2)n2nccc2c1)c1ccc(NS(=O)(=O)CCO)cc1N1CCC2(CC1)CC2. The summed E-state index contributed by atoms with van der Waals surface area (Å²) in [5.74, 6) is -3.13. The number of aliphatic hydroxyl groups is 1. The largest absolute Gasteiger partial charge is 0.395 e. The number of hydrogen-bond acceptors (Lipinski definition) is 7. The lowest BCUT2D eigenvalue weighted by atomic mass is 9.93. The van der Waals surface area contributed by atoms with Gasteiger partial charge in [0.25, 0.3) is 11.8 Å².